The van der Waals surface area contributed by atoms with E-state index in [0.29, 0.717) is 5.16 Å². The molecule has 0 saturated carbocycles. The molecule has 3 unspecified atom stereocenters. The minimum Gasteiger partial charge on any atom is -0.0685 e. The summed E-state index contributed by atoms with van der Waals surface area (Å²) in [7, 11) is 0.184. The average Bonchev–Trinajstić information content (AvgIpc) is 2.88. The van der Waals surface area contributed by atoms with Crippen LogP contribution in [0.1, 0.15) is 52.9 Å². The molecule has 0 nitrogen and oxygen atoms in total. The molecular weight excluding hydrogens is 278 g/mol. The highest BCUT2D eigenvalue weighted by molar-refractivity contribution is 7.74. The summed E-state index contributed by atoms with van der Waals surface area (Å²) in [4.78, 5) is 0. The Morgan fingerprint density at radius 2 is 1.75 bits per heavy atom. The first kappa shape index (κ1) is 13.7. The molecule has 1 aromatic carbocycles. The summed E-state index contributed by atoms with van der Waals surface area (Å²) in [5.41, 5.74) is 2.94. The number of hydrogen-bond donors (Lipinski definition) is 0. The molecule has 0 aliphatic carbocycles. The second kappa shape index (κ2) is 4.79. The van der Waals surface area contributed by atoms with Gasteiger partial charge in [-0.2, -0.15) is 0 Å². The van der Waals surface area contributed by atoms with E-state index in [1.807, 2.05) is 10.6 Å². The van der Waals surface area contributed by atoms with Crippen molar-refractivity contribution in [1.29, 1.82) is 0 Å². The Hall–Kier alpha value is 0.0800. The van der Waals surface area contributed by atoms with Crippen molar-refractivity contribution >= 4 is 26.5 Å². The summed E-state index contributed by atoms with van der Waals surface area (Å²) >= 11 is 0. The van der Waals surface area contributed by atoms with Gasteiger partial charge in [-0.1, -0.05) is 60.9 Å². The fraction of sp³-hybridized carbons (Fsp3) is 0.667. The Labute approximate surface area is 126 Å². The average molecular weight is 304 g/mol. The molecule has 3 aliphatic rings. The van der Waals surface area contributed by atoms with Gasteiger partial charge in [-0.15, -0.1) is 0 Å². The standard InChI is InChI=1S/C18H26P2/c1-13-8-9-15-12-18(3)11-10-14(2)20(18)17-7-5-4-6-16(17)19(13)15/h4-7,13-15H,8-12H2,1-3H3/t13-,14-,15+,18?,19?,20?/m1/s1. The zero-order valence-corrected chi connectivity index (χ0v) is 14.8. The maximum atomic E-state index is 2.64. The zero-order chi connectivity index (χ0) is 13.9. The van der Waals surface area contributed by atoms with Gasteiger partial charge in [-0.25, -0.2) is 0 Å². The van der Waals surface area contributed by atoms with Gasteiger partial charge in [0.15, 0.2) is 0 Å². The number of fused-ring (bicyclic) bond motifs is 5. The summed E-state index contributed by atoms with van der Waals surface area (Å²) in [6.07, 6.45) is 7.48. The van der Waals surface area contributed by atoms with Crippen LogP contribution in [0, 0.1) is 0 Å². The van der Waals surface area contributed by atoms with Crippen molar-refractivity contribution in [2.24, 2.45) is 0 Å². The highest BCUT2D eigenvalue weighted by Crippen LogP contribution is 2.70. The van der Waals surface area contributed by atoms with Crippen LogP contribution in [0.25, 0.3) is 0 Å². The lowest BCUT2D eigenvalue weighted by atomic mass is 9.96. The molecule has 0 bridgehead atoms. The van der Waals surface area contributed by atoms with E-state index in [-0.39, 0.29) is 15.8 Å². The van der Waals surface area contributed by atoms with E-state index >= 15 is 0 Å². The first-order valence-corrected chi connectivity index (χ1v) is 11.2. The van der Waals surface area contributed by atoms with Crippen molar-refractivity contribution in [2.75, 3.05) is 0 Å². The molecule has 1 aromatic rings. The molecule has 2 fully saturated rings. The fourth-order valence-corrected chi connectivity index (χ4v) is 13.4. The van der Waals surface area contributed by atoms with Crippen molar-refractivity contribution in [3.05, 3.63) is 24.3 Å². The summed E-state index contributed by atoms with van der Waals surface area (Å²) < 4.78 is 0. The van der Waals surface area contributed by atoms with E-state index in [4.69, 9.17) is 0 Å². The third-order valence-electron chi connectivity index (χ3n) is 6.00. The molecule has 3 heterocycles. The van der Waals surface area contributed by atoms with Crippen LogP contribution in [-0.2, 0) is 0 Å². The fourth-order valence-electron chi connectivity index (χ4n) is 5.13. The normalized spacial score (nSPS) is 46.5. The van der Waals surface area contributed by atoms with Crippen LogP contribution < -0.4 is 10.6 Å². The largest absolute Gasteiger partial charge is 0.0685 e. The van der Waals surface area contributed by atoms with E-state index < -0.39 is 0 Å². The van der Waals surface area contributed by atoms with Gasteiger partial charge in [0.05, 0.1) is 0 Å². The molecule has 0 amide bonds. The highest BCUT2D eigenvalue weighted by atomic mass is 31.1. The molecule has 2 heteroatoms. The van der Waals surface area contributed by atoms with E-state index in [0.717, 1.165) is 17.0 Å². The van der Waals surface area contributed by atoms with E-state index in [1.165, 1.54) is 32.1 Å². The minimum absolute atomic E-state index is 0.0667. The van der Waals surface area contributed by atoms with Crippen molar-refractivity contribution < 1.29 is 0 Å². The zero-order valence-electron chi connectivity index (χ0n) is 13.0. The predicted molar refractivity (Wildman–Crippen MR) is 93.8 cm³/mol. The molecule has 0 N–H and O–H groups in total. The van der Waals surface area contributed by atoms with Gasteiger partial charge in [-0.05, 0) is 64.8 Å². The molecule has 0 spiro atoms. The second-order valence-electron chi connectivity index (χ2n) is 7.43. The van der Waals surface area contributed by atoms with Gasteiger partial charge >= 0.3 is 0 Å². The topological polar surface area (TPSA) is 0 Å². The van der Waals surface area contributed by atoms with Crippen molar-refractivity contribution in [3.8, 4) is 0 Å². The first-order chi connectivity index (χ1) is 9.60. The molecular formula is C18H26P2. The number of hydrogen-bond acceptors (Lipinski definition) is 0. The molecule has 3 aliphatic heterocycles. The summed E-state index contributed by atoms with van der Waals surface area (Å²) in [6.45, 7) is 7.70. The molecule has 0 radical (unpaired) electrons. The van der Waals surface area contributed by atoms with Gasteiger partial charge in [-0.3, -0.25) is 0 Å². The molecule has 6 atom stereocenters. The first-order valence-electron chi connectivity index (χ1n) is 8.27. The Morgan fingerprint density at radius 3 is 2.55 bits per heavy atom. The Kier molecular flexibility index (Phi) is 3.29. The Balaban J connectivity index is 1.90. The summed E-state index contributed by atoms with van der Waals surface area (Å²) in [6, 6.07) is 9.64. The smallest absolute Gasteiger partial charge is 0.00736 e. The van der Waals surface area contributed by atoms with Crippen LogP contribution in [0.3, 0.4) is 0 Å². The third-order valence-corrected chi connectivity index (χ3v) is 13.2. The maximum absolute atomic E-state index is 2.64. The quantitative estimate of drug-likeness (QED) is 0.604. The lowest BCUT2D eigenvalue weighted by Crippen LogP contribution is -2.29. The van der Waals surface area contributed by atoms with Gasteiger partial charge in [0.1, 0.15) is 0 Å². The molecule has 108 valence electrons. The van der Waals surface area contributed by atoms with Crippen molar-refractivity contribution in [2.45, 2.75) is 75.0 Å². The van der Waals surface area contributed by atoms with Gasteiger partial charge in [0.25, 0.3) is 0 Å². The van der Waals surface area contributed by atoms with Crippen LogP contribution in [0.4, 0.5) is 0 Å². The number of rotatable bonds is 0. The molecule has 2 saturated heterocycles. The highest BCUT2D eigenvalue weighted by Gasteiger charge is 2.51. The van der Waals surface area contributed by atoms with E-state index in [2.05, 4.69) is 45.0 Å². The van der Waals surface area contributed by atoms with Gasteiger partial charge in [0.2, 0.25) is 0 Å². The number of benzene rings is 1. The summed E-state index contributed by atoms with van der Waals surface area (Å²) in [5, 5.41) is 4.29. The lowest BCUT2D eigenvalue weighted by Gasteiger charge is -2.34. The van der Waals surface area contributed by atoms with Gasteiger partial charge in [0, 0.05) is 0 Å². The lowest BCUT2D eigenvalue weighted by molar-refractivity contribution is 0.527. The van der Waals surface area contributed by atoms with Crippen LogP contribution >= 0.6 is 15.8 Å². The van der Waals surface area contributed by atoms with Gasteiger partial charge < -0.3 is 0 Å². The molecule has 20 heavy (non-hydrogen) atoms. The van der Waals surface area contributed by atoms with E-state index in [9.17, 15) is 0 Å². The van der Waals surface area contributed by atoms with E-state index in [1.54, 1.807) is 0 Å². The van der Waals surface area contributed by atoms with Crippen LogP contribution in [-0.4, -0.2) is 22.1 Å². The van der Waals surface area contributed by atoms with Crippen LogP contribution in [0.15, 0.2) is 24.3 Å². The maximum Gasteiger partial charge on any atom is -0.00736 e. The monoisotopic (exact) mass is 304 g/mol. The van der Waals surface area contributed by atoms with Crippen molar-refractivity contribution in [1.82, 2.24) is 0 Å². The van der Waals surface area contributed by atoms with Crippen molar-refractivity contribution in [3.63, 3.8) is 0 Å². The minimum atomic E-state index is 0.0667. The molecule has 0 aromatic heterocycles. The second-order valence-corrected chi connectivity index (χ2v) is 13.5. The third kappa shape index (κ3) is 1.87. The summed E-state index contributed by atoms with van der Waals surface area (Å²) in [5.74, 6) is 0. The predicted octanol–water partition coefficient (Wildman–Crippen LogP) is 4.80. The Bertz CT molecular complexity index is 526. The van der Waals surface area contributed by atoms with Crippen LogP contribution in [0.5, 0.6) is 0 Å². The SMILES string of the molecule is C[C@@H]1CC[C@H]2CC3(C)CC[C@@H](C)P3c3ccccc3P21. The molecule has 4 rings (SSSR count). The van der Waals surface area contributed by atoms with Crippen LogP contribution in [0.2, 0.25) is 0 Å². The Morgan fingerprint density at radius 1 is 1.00 bits per heavy atom.